The van der Waals surface area contributed by atoms with Crippen LogP contribution in [0.1, 0.15) is 49.9 Å². The van der Waals surface area contributed by atoms with Crippen molar-refractivity contribution in [3.63, 3.8) is 0 Å². The lowest BCUT2D eigenvalue weighted by atomic mass is 10.0. The molecule has 182 valence electrons. The van der Waals surface area contributed by atoms with Crippen LogP contribution >= 0.6 is 0 Å². The fraction of sp³-hybridized carbons (Fsp3) is 0.640. The molecule has 0 spiro atoms. The lowest BCUT2D eigenvalue weighted by molar-refractivity contribution is -0.137. The number of likely N-dealkylation sites (tertiary alicyclic amines) is 1. The average molecular weight is 459 g/mol. The van der Waals surface area contributed by atoms with Gasteiger partial charge in [0, 0.05) is 39.3 Å². The zero-order chi connectivity index (χ0) is 23.8. The molecule has 2 heterocycles. The van der Waals surface area contributed by atoms with E-state index in [9.17, 15) is 14.4 Å². The van der Waals surface area contributed by atoms with Crippen molar-refractivity contribution in [2.45, 2.75) is 45.6 Å². The van der Waals surface area contributed by atoms with Crippen molar-refractivity contribution in [2.24, 2.45) is 5.92 Å². The van der Waals surface area contributed by atoms with Gasteiger partial charge in [-0.2, -0.15) is 0 Å². The Balaban J connectivity index is 1.54. The van der Waals surface area contributed by atoms with E-state index in [1.54, 1.807) is 29.2 Å². The summed E-state index contributed by atoms with van der Waals surface area (Å²) in [5.74, 6) is 0.222. The maximum atomic E-state index is 13.3. The molecular weight excluding hydrogens is 420 g/mol. The lowest BCUT2D eigenvalue weighted by Crippen LogP contribution is -2.57. The Morgan fingerprint density at radius 2 is 1.55 bits per heavy atom. The first-order valence-electron chi connectivity index (χ1n) is 12.1. The largest absolute Gasteiger partial charge is 0.496 e. The number of rotatable bonds is 7. The van der Waals surface area contributed by atoms with Gasteiger partial charge in [-0.15, -0.1) is 0 Å². The van der Waals surface area contributed by atoms with Gasteiger partial charge < -0.3 is 19.9 Å². The third-order valence-corrected chi connectivity index (χ3v) is 6.57. The van der Waals surface area contributed by atoms with Gasteiger partial charge in [0.15, 0.2) is 0 Å². The molecule has 2 aliphatic heterocycles. The van der Waals surface area contributed by atoms with Gasteiger partial charge >= 0.3 is 0 Å². The molecule has 2 saturated heterocycles. The molecule has 3 rings (SSSR count). The van der Waals surface area contributed by atoms with E-state index >= 15 is 0 Å². The molecule has 1 atom stereocenters. The van der Waals surface area contributed by atoms with Crippen LogP contribution in [-0.4, -0.2) is 91.4 Å². The summed E-state index contributed by atoms with van der Waals surface area (Å²) < 4.78 is 5.29. The molecule has 3 amide bonds. The van der Waals surface area contributed by atoms with Crippen molar-refractivity contribution in [3.05, 3.63) is 29.8 Å². The van der Waals surface area contributed by atoms with Crippen LogP contribution < -0.4 is 10.1 Å². The first kappa shape index (κ1) is 25.0. The van der Waals surface area contributed by atoms with Crippen molar-refractivity contribution in [3.8, 4) is 5.75 Å². The van der Waals surface area contributed by atoms with Crippen molar-refractivity contribution in [1.29, 1.82) is 0 Å². The number of para-hydroxylation sites is 1. The Kier molecular flexibility index (Phi) is 9.11. The summed E-state index contributed by atoms with van der Waals surface area (Å²) >= 11 is 0. The lowest BCUT2D eigenvalue weighted by Gasteiger charge is -2.37. The first-order valence-corrected chi connectivity index (χ1v) is 12.1. The standard InChI is InChI=1S/C25H38N4O4/c1-19(2)23(26-24(31)20-10-6-7-11-21(20)33-3)25(32)29-16-14-27(15-17-29)18-22(30)28-12-8-4-5-9-13-28/h6-7,10-11,19,23H,4-5,8-9,12-18H2,1-3H3,(H,26,31)/t23-/m0/s1. The van der Waals surface area contributed by atoms with E-state index in [0.717, 1.165) is 25.9 Å². The summed E-state index contributed by atoms with van der Waals surface area (Å²) in [6.07, 6.45) is 4.58. The summed E-state index contributed by atoms with van der Waals surface area (Å²) in [6.45, 7) is 8.44. The molecule has 8 heteroatoms. The molecule has 0 bridgehead atoms. The van der Waals surface area contributed by atoms with Crippen LogP contribution in [0.25, 0.3) is 0 Å². The summed E-state index contributed by atoms with van der Waals surface area (Å²) in [5.41, 5.74) is 0.412. The molecule has 0 aliphatic carbocycles. The van der Waals surface area contributed by atoms with Crippen LogP contribution in [0, 0.1) is 5.92 Å². The Morgan fingerprint density at radius 3 is 2.15 bits per heavy atom. The van der Waals surface area contributed by atoms with Crippen LogP contribution in [0.15, 0.2) is 24.3 Å². The number of methoxy groups -OCH3 is 1. The van der Waals surface area contributed by atoms with Crippen molar-refractivity contribution in [2.75, 3.05) is 52.9 Å². The third-order valence-electron chi connectivity index (χ3n) is 6.57. The number of carbonyl (C=O) groups is 3. The van der Waals surface area contributed by atoms with Crippen LogP contribution in [0.3, 0.4) is 0 Å². The quantitative estimate of drug-likeness (QED) is 0.676. The first-order chi connectivity index (χ1) is 15.9. The van der Waals surface area contributed by atoms with E-state index in [-0.39, 0.29) is 23.6 Å². The molecule has 0 aromatic heterocycles. The molecule has 1 aromatic rings. The number of benzene rings is 1. The van der Waals surface area contributed by atoms with Gasteiger partial charge in [0.2, 0.25) is 11.8 Å². The third kappa shape index (κ3) is 6.69. The monoisotopic (exact) mass is 458 g/mol. The molecule has 2 fully saturated rings. The highest BCUT2D eigenvalue weighted by Crippen LogP contribution is 2.18. The van der Waals surface area contributed by atoms with Crippen molar-refractivity contribution >= 4 is 17.7 Å². The van der Waals surface area contributed by atoms with E-state index in [1.807, 2.05) is 18.7 Å². The number of amides is 3. The van der Waals surface area contributed by atoms with E-state index in [2.05, 4.69) is 10.2 Å². The number of nitrogens with one attached hydrogen (secondary N) is 1. The highest BCUT2D eigenvalue weighted by atomic mass is 16.5. The number of carbonyl (C=O) groups excluding carboxylic acids is 3. The van der Waals surface area contributed by atoms with Crippen LogP contribution in [-0.2, 0) is 9.59 Å². The molecule has 2 aliphatic rings. The minimum atomic E-state index is -0.618. The topological polar surface area (TPSA) is 82.2 Å². The van der Waals surface area contributed by atoms with Crippen LogP contribution in [0.2, 0.25) is 0 Å². The molecule has 0 radical (unpaired) electrons. The molecular formula is C25H38N4O4. The second-order valence-corrected chi connectivity index (χ2v) is 9.29. The number of nitrogens with zero attached hydrogens (tertiary/aromatic N) is 3. The highest BCUT2D eigenvalue weighted by molar-refractivity contribution is 5.99. The zero-order valence-corrected chi connectivity index (χ0v) is 20.2. The van der Waals surface area contributed by atoms with Gasteiger partial charge in [0.25, 0.3) is 5.91 Å². The Labute approximate surface area is 197 Å². The van der Waals surface area contributed by atoms with Crippen molar-refractivity contribution in [1.82, 2.24) is 20.0 Å². The predicted molar refractivity (Wildman–Crippen MR) is 127 cm³/mol. The molecule has 1 aromatic carbocycles. The van der Waals surface area contributed by atoms with Crippen LogP contribution in [0.5, 0.6) is 5.75 Å². The van der Waals surface area contributed by atoms with E-state index in [0.29, 0.717) is 44.0 Å². The molecule has 0 saturated carbocycles. The van der Waals surface area contributed by atoms with Gasteiger partial charge in [-0.3, -0.25) is 19.3 Å². The Bertz CT molecular complexity index is 812. The fourth-order valence-electron chi connectivity index (χ4n) is 4.50. The predicted octanol–water partition coefficient (Wildman–Crippen LogP) is 2.00. The second-order valence-electron chi connectivity index (χ2n) is 9.29. The number of ether oxygens (including phenoxy) is 1. The van der Waals surface area contributed by atoms with E-state index in [1.165, 1.54) is 20.0 Å². The van der Waals surface area contributed by atoms with E-state index in [4.69, 9.17) is 4.74 Å². The SMILES string of the molecule is COc1ccccc1C(=O)N[C@H](C(=O)N1CCN(CC(=O)N2CCCCCC2)CC1)C(C)C. The minimum absolute atomic E-state index is 0.0567. The molecule has 33 heavy (non-hydrogen) atoms. The van der Waals surface area contributed by atoms with Crippen LogP contribution in [0.4, 0.5) is 0 Å². The minimum Gasteiger partial charge on any atom is -0.496 e. The summed E-state index contributed by atoms with van der Waals surface area (Å²) in [4.78, 5) is 44.7. The fourth-order valence-corrected chi connectivity index (χ4v) is 4.50. The van der Waals surface area contributed by atoms with Gasteiger partial charge in [-0.05, 0) is 30.9 Å². The number of hydrogen-bond acceptors (Lipinski definition) is 5. The molecule has 1 N–H and O–H groups in total. The number of hydrogen-bond donors (Lipinski definition) is 1. The summed E-state index contributed by atoms with van der Waals surface area (Å²) in [5, 5.41) is 2.91. The van der Waals surface area contributed by atoms with Gasteiger partial charge in [-0.25, -0.2) is 0 Å². The average Bonchev–Trinajstić information content (AvgIpc) is 3.12. The molecule has 0 unspecified atom stereocenters. The zero-order valence-electron chi connectivity index (χ0n) is 20.2. The normalized spacial score (nSPS) is 18.5. The van der Waals surface area contributed by atoms with Crippen molar-refractivity contribution < 1.29 is 19.1 Å². The summed E-state index contributed by atoms with van der Waals surface area (Å²) in [6, 6.07) is 6.38. The second kappa shape index (κ2) is 12.0. The maximum Gasteiger partial charge on any atom is 0.255 e. The van der Waals surface area contributed by atoms with Gasteiger partial charge in [0.05, 0.1) is 19.2 Å². The smallest absolute Gasteiger partial charge is 0.255 e. The molecule has 8 nitrogen and oxygen atoms in total. The maximum absolute atomic E-state index is 13.3. The van der Waals surface area contributed by atoms with Gasteiger partial charge in [0.1, 0.15) is 11.8 Å². The Morgan fingerprint density at radius 1 is 0.909 bits per heavy atom. The summed E-state index contributed by atoms with van der Waals surface area (Å²) in [7, 11) is 1.52. The Hall–Kier alpha value is -2.61. The van der Waals surface area contributed by atoms with E-state index < -0.39 is 6.04 Å². The highest BCUT2D eigenvalue weighted by Gasteiger charge is 2.32. The number of piperazine rings is 1. The van der Waals surface area contributed by atoms with Gasteiger partial charge in [-0.1, -0.05) is 38.8 Å².